The summed E-state index contributed by atoms with van der Waals surface area (Å²) < 4.78 is 15.0. The van der Waals surface area contributed by atoms with Gasteiger partial charge in [0.15, 0.2) is 5.96 Å². The van der Waals surface area contributed by atoms with E-state index in [0.717, 1.165) is 63.2 Å². The van der Waals surface area contributed by atoms with Gasteiger partial charge >= 0.3 is 0 Å². The molecule has 1 aromatic heterocycles. The van der Waals surface area contributed by atoms with Crippen LogP contribution in [-0.2, 0) is 13.6 Å². The van der Waals surface area contributed by atoms with Gasteiger partial charge in [0, 0.05) is 84.4 Å². The van der Waals surface area contributed by atoms with Gasteiger partial charge in [-0.15, -0.1) is 24.0 Å². The Bertz CT molecular complexity index is 858. The molecular weight excluding hydrogens is 520 g/mol. The number of guanidine groups is 1. The SMILES string of the molecule is CN=C(NCCN1CCN(c2ccc(F)cc2)CC1)N(C)Cc1cn(C)nc1C(C)C.I. The van der Waals surface area contributed by atoms with E-state index in [0.29, 0.717) is 5.92 Å². The molecule has 9 heteroatoms. The Hall–Kier alpha value is -1.88. The van der Waals surface area contributed by atoms with Crippen LogP contribution in [0.3, 0.4) is 0 Å². The highest BCUT2D eigenvalue weighted by molar-refractivity contribution is 14.0. The van der Waals surface area contributed by atoms with Crippen LogP contribution < -0.4 is 10.2 Å². The Labute approximate surface area is 208 Å². The molecule has 1 N–H and O–H groups in total. The minimum Gasteiger partial charge on any atom is -0.369 e. The van der Waals surface area contributed by atoms with E-state index in [2.05, 4.69) is 57.2 Å². The predicted molar refractivity (Wildman–Crippen MR) is 141 cm³/mol. The highest BCUT2D eigenvalue weighted by Gasteiger charge is 2.18. The van der Waals surface area contributed by atoms with E-state index in [1.54, 1.807) is 0 Å². The van der Waals surface area contributed by atoms with Crippen LogP contribution in [0.1, 0.15) is 31.0 Å². The van der Waals surface area contributed by atoms with Crippen LogP contribution in [0.5, 0.6) is 0 Å². The van der Waals surface area contributed by atoms with Gasteiger partial charge in [-0.25, -0.2) is 4.39 Å². The van der Waals surface area contributed by atoms with Crippen molar-refractivity contribution in [2.24, 2.45) is 12.0 Å². The average Bonchev–Trinajstić information content (AvgIpc) is 3.12. The van der Waals surface area contributed by atoms with Gasteiger partial charge < -0.3 is 15.1 Å². The minimum atomic E-state index is -0.184. The molecule has 32 heavy (non-hydrogen) atoms. The smallest absolute Gasteiger partial charge is 0.193 e. The molecule has 1 fully saturated rings. The van der Waals surface area contributed by atoms with E-state index in [9.17, 15) is 4.39 Å². The van der Waals surface area contributed by atoms with E-state index in [4.69, 9.17) is 0 Å². The van der Waals surface area contributed by atoms with Crippen molar-refractivity contribution in [3.05, 3.63) is 47.5 Å². The lowest BCUT2D eigenvalue weighted by Gasteiger charge is -2.36. The summed E-state index contributed by atoms with van der Waals surface area (Å²) in [5.74, 6) is 1.10. The molecule has 0 bridgehead atoms. The van der Waals surface area contributed by atoms with Crippen molar-refractivity contribution in [2.45, 2.75) is 26.3 Å². The highest BCUT2D eigenvalue weighted by atomic mass is 127. The number of benzene rings is 1. The monoisotopic (exact) mass is 557 g/mol. The third kappa shape index (κ3) is 7.06. The zero-order chi connectivity index (χ0) is 22.4. The lowest BCUT2D eigenvalue weighted by molar-refractivity contribution is 0.260. The fourth-order valence-electron chi connectivity index (χ4n) is 4.09. The molecule has 2 aromatic rings. The van der Waals surface area contributed by atoms with Gasteiger partial charge in [0.05, 0.1) is 5.69 Å². The van der Waals surface area contributed by atoms with Gasteiger partial charge in [-0.1, -0.05) is 13.8 Å². The van der Waals surface area contributed by atoms with Crippen molar-refractivity contribution in [3.8, 4) is 0 Å². The number of halogens is 2. The molecule has 1 aromatic carbocycles. The van der Waals surface area contributed by atoms with E-state index >= 15 is 0 Å². The molecule has 0 atom stereocenters. The largest absolute Gasteiger partial charge is 0.369 e. The van der Waals surface area contributed by atoms with Crippen LogP contribution in [0, 0.1) is 5.82 Å². The first kappa shape index (κ1) is 26.4. The van der Waals surface area contributed by atoms with Gasteiger partial charge in [0.1, 0.15) is 5.82 Å². The van der Waals surface area contributed by atoms with Crippen molar-refractivity contribution in [3.63, 3.8) is 0 Å². The maximum atomic E-state index is 13.1. The molecule has 2 heterocycles. The summed E-state index contributed by atoms with van der Waals surface area (Å²) in [5.41, 5.74) is 3.47. The predicted octanol–water partition coefficient (Wildman–Crippen LogP) is 3.13. The first-order chi connectivity index (χ1) is 14.9. The zero-order valence-electron chi connectivity index (χ0n) is 19.9. The molecule has 0 saturated carbocycles. The molecule has 178 valence electrons. The van der Waals surface area contributed by atoms with Gasteiger partial charge in [0.25, 0.3) is 0 Å². The minimum absolute atomic E-state index is 0. The topological polar surface area (TPSA) is 51.9 Å². The van der Waals surface area contributed by atoms with E-state index in [1.165, 1.54) is 17.7 Å². The average molecular weight is 558 g/mol. The molecule has 0 unspecified atom stereocenters. The second-order valence-corrected chi connectivity index (χ2v) is 8.50. The van der Waals surface area contributed by atoms with Crippen LogP contribution in [-0.4, -0.2) is 78.9 Å². The van der Waals surface area contributed by atoms with E-state index in [-0.39, 0.29) is 29.8 Å². The molecule has 1 aliphatic rings. The standard InChI is InChI=1S/C23H36FN7.HI/c1-18(2)22-19(17-29(5)27-22)16-28(4)23(25-3)26-10-11-30-12-14-31(15-13-30)21-8-6-20(24)7-9-21;/h6-9,17-18H,10-16H2,1-5H3,(H,25,26);1H. The van der Waals surface area contributed by atoms with Crippen molar-refractivity contribution >= 4 is 35.6 Å². The molecule has 1 aliphatic heterocycles. The summed E-state index contributed by atoms with van der Waals surface area (Å²) in [5, 5.41) is 8.10. The number of nitrogens with one attached hydrogen (secondary N) is 1. The summed E-state index contributed by atoms with van der Waals surface area (Å²) in [7, 11) is 5.86. The number of nitrogens with zero attached hydrogens (tertiary/aromatic N) is 6. The number of hydrogen-bond acceptors (Lipinski definition) is 4. The van der Waals surface area contributed by atoms with Crippen LogP contribution >= 0.6 is 24.0 Å². The lowest BCUT2D eigenvalue weighted by Crippen LogP contribution is -2.49. The fraction of sp³-hybridized carbons (Fsp3) is 0.565. The number of anilines is 1. The number of aromatic nitrogens is 2. The summed E-state index contributed by atoms with van der Waals surface area (Å²) in [6.45, 7) is 10.9. The summed E-state index contributed by atoms with van der Waals surface area (Å²) in [6.07, 6.45) is 2.10. The Balaban J connectivity index is 0.00000363. The van der Waals surface area contributed by atoms with Gasteiger partial charge in [0.2, 0.25) is 0 Å². The Morgan fingerprint density at radius 2 is 1.84 bits per heavy atom. The number of piperazine rings is 1. The van der Waals surface area contributed by atoms with Crippen molar-refractivity contribution in [1.82, 2.24) is 24.9 Å². The fourth-order valence-corrected chi connectivity index (χ4v) is 4.09. The van der Waals surface area contributed by atoms with Crippen LogP contribution in [0.25, 0.3) is 0 Å². The second-order valence-electron chi connectivity index (χ2n) is 8.50. The third-order valence-electron chi connectivity index (χ3n) is 5.74. The highest BCUT2D eigenvalue weighted by Crippen LogP contribution is 2.19. The number of aryl methyl sites for hydroxylation is 1. The summed E-state index contributed by atoms with van der Waals surface area (Å²) in [6, 6.07) is 6.78. The summed E-state index contributed by atoms with van der Waals surface area (Å²) >= 11 is 0. The number of aliphatic imine (C=N–C) groups is 1. The molecule has 0 aliphatic carbocycles. The van der Waals surface area contributed by atoms with Crippen LogP contribution in [0.15, 0.2) is 35.5 Å². The van der Waals surface area contributed by atoms with E-state index < -0.39 is 0 Å². The third-order valence-corrected chi connectivity index (χ3v) is 5.74. The molecule has 0 radical (unpaired) electrons. The molecule has 7 nitrogen and oxygen atoms in total. The van der Waals surface area contributed by atoms with Crippen LogP contribution in [0.4, 0.5) is 10.1 Å². The first-order valence-electron chi connectivity index (χ1n) is 11.0. The first-order valence-corrected chi connectivity index (χ1v) is 11.0. The molecule has 0 amide bonds. The normalized spacial score (nSPS) is 15.1. The molecule has 1 saturated heterocycles. The Kier molecular flexibility index (Phi) is 10.2. The molecular formula is C23H37FIN7. The maximum Gasteiger partial charge on any atom is 0.193 e. The quantitative estimate of drug-likeness (QED) is 0.322. The number of hydrogen-bond donors (Lipinski definition) is 1. The van der Waals surface area contributed by atoms with Crippen molar-refractivity contribution in [2.75, 3.05) is 58.3 Å². The van der Waals surface area contributed by atoms with E-state index in [1.807, 2.05) is 30.9 Å². The lowest BCUT2D eigenvalue weighted by atomic mass is 10.1. The van der Waals surface area contributed by atoms with Crippen molar-refractivity contribution in [1.29, 1.82) is 0 Å². The van der Waals surface area contributed by atoms with Gasteiger partial charge in [-0.05, 0) is 30.2 Å². The van der Waals surface area contributed by atoms with Gasteiger partial charge in [-0.2, -0.15) is 5.10 Å². The van der Waals surface area contributed by atoms with Crippen molar-refractivity contribution < 1.29 is 4.39 Å². The zero-order valence-corrected chi connectivity index (χ0v) is 22.2. The Morgan fingerprint density at radius 3 is 2.44 bits per heavy atom. The Morgan fingerprint density at radius 1 is 1.19 bits per heavy atom. The number of rotatable bonds is 7. The summed E-state index contributed by atoms with van der Waals surface area (Å²) in [4.78, 5) is 11.4. The molecule has 0 spiro atoms. The van der Waals surface area contributed by atoms with Crippen LogP contribution in [0.2, 0.25) is 0 Å². The van der Waals surface area contributed by atoms with Gasteiger partial charge in [-0.3, -0.25) is 14.6 Å². The molecule has 3 rings (SSSR count). The second kappa shape index (κ2) is 12.4. The maximum absolute atomic E-state index is 13.1.